The summed E-state index contributed by atoms with van der Waals surface area (Å²) in [5.74, 6) is 0.991. The van der Waals surface area contributed by atoms with Crippen LogP contribution in [-0.2, 0) is 13.1 Å². The van der Waals surface area contributed by atoms with Gasteiger partial charge in [0.2, 0.25) is 5.16 Å². The number of aromatic nitrogens is 6. The van der Waals surface area contributed by atoms with Crippen LogP contribution in [0.25, 0.3) is 0 Å². The number of hydrogen-bond acceptors (Lipinski definition) is 6. The smallest absolute Gasteiger partial charge is 0.209 e. The second kappa shape index (κ2) is 7.56. The first kappa shape index (κ1) is 16.0. The van der Waals surface area contributed by atoms with Gasteiger partial charge in [0.25, 0.3) is 0 Å². The Morgan fingerprint density at radius 1 is 1.29 bits per heavy atom. The van der Waals surface area contributed by atoms with Crippen molar-refractivity contribution >= 4 is 11.8 Å². The maximum absolute atomic E-state index is 4.08. The zero-order valence-corrected chi connectivity index (χ0v) is 13.7. The van der Waals surface area contributed by atoms with Gasteiger partial charge < -0.3 is 9.88 Å². The first-order valence-electron chi connectivity index (χ1n) is 7.14. The van der Waals surface area contributed by atoms with Gasteiger partial charge in [-0.2, -0.15) is 0 Å². The van der Waals surface area contributed by atoms with E-state index in [9.17, 15) is 0 Å². The highest BCUT2D eigenvalue weighted by molar-refractivity contribution is 7.99. The SMILES string of the molecule is CC(C)(C)NCCn1nnnc1SCCCn1ccnc1. The van der Waals surface area contributed by atoms with Gasteiger partial charge >= 0.3 is 0 Å². The van der Waals surface area contributed by atoms with Gasteiger partial charge in [0, 0.05) is 36.8 Å². The molecule has 0 saturated carbocycles. The molecule has 1 N–H and O–H groups in total. The maximum atomic E-state index is 4.08. The van der Waals surface area contributed by atoms with E-state index in [0.717, 1.165) is 37.0 Å². The van der Waals surface area contributed by atoms with Gasteiger partial charge in [-0.05, 0) is 37.6 Å². The van der Waals surface area contributed by atoms with Gasteiger partial charge in [-0.25, -0.2) is 9.67 Å². The number of hydrogen-bond donors (Lipinski definition) is 1. The normalized spacial score (nSPS) is 12.0. The first-order valence-corrected chi connectivity index (χ1v) is 8.13. The Bertz CT molecular complexity index is 515. The molecule has 2 aromatic heterocycles. The van der Waals surface area contributed by atoms with Crippen LogP contribution in [0, 0.1) is 0 Å². The summed E-state index contributed by atoms with van der Waals surface area (Å²) in [4.78, 5) is 4.03. The molecule has 116 valence electrons. The molecule has 0 bridgehead atoms. The number of nitrogens with one attached hydrogen (secondary N) is 1. The molecule has 0 aromatic carbocycles. The fraction of sp³-hybridized carbons (Fsp3) is 0.692. The van der Waals surface area contributed by atoms with Crippen LogP contribution >= 0.6 is 11.8 Å². The zero-order chi connectivity index (χ0) is 15.1. The molecule has 0 aliphatic rings. The van der Waals surface area contributed by atoms with Crippen molar-refractivity contribution in [2.24, 2.45) is 0 Å². The lowest BCUT2D eigenvalue weighted by molar-refractivity contribution is 0.396. The number of rotatable bonds is 8. The molecule has 7 nitrogen and oxygen atoms in total. The largest absolute Gasteiger partial charge is 0.337 e. The van der Waals surface area contributed by atoms with Crippen LogP contribution in [0.4, 0.5) is 0 Å². The Labute approximate surface area is 129 Å². The lowest BCUT2D eigenvalue weighted by atomic mass is 10.1. The summed E-state index contributed by atoms with van der Waals surface area (Å²) in [6.45, 7) is 9.07. The van der Waals surface area contributed by atoms with Crippen molar-refractivity contribution in [1.82, 2.24) is 35.1 Å². The topological polar surface area (TPSA) is 73.5 Å². The summed E-state index contributed by atoms with van der Waals surface area (Å²) >= 11 is 1.70. The fourth-order valence-corrected chi connectivity index (χ4v) is 2.63. The number of imidazole rings is 1. The van der Waals surface area contributed by atoms with Gasteiger partial charge in [-0.1, -0.05) is 11.8 Å². The van der Waals surface area contributed by atoms with E-state index >= 15 is 0 Å². The first-order chi connectivity index (χ1) is 10.0. The Balaban J connectivity index is 1.70. The predicted octanol–water partition coefficient (Wildman–Crippen LogP) is 1.44. The van der Waals surface area contributed by atoms with Crippen molar-refractivity contribution in [3.63, 3.8) is 0 Å². The molecule has 8 heteroatoms. The third kappa shape index (κ3) is 5.84. The zero-order valence-electron chi connectivity index (χ0n) is 12.9. The van der Waals surface area contributed by atoms with Crippen LogP contribution in [-0.4, -0.2) is 47.6 Å². The van der Waals surface area contributed by atoms with Crippen LogP contribution in [0.1, 0.15) is 27.2 Å². The highest BCUT2D eigenvalue weighted by Gasteiger charge is 2.10. The summed E-state index contributed by atoms with van der Waals surface area (Å²) in [6.07, 6.45) is 6.68. The minimum absolute atomic E-state index is 0.117. The van der Waals surface area contributed by atoms with E-state index in [0.29, 0.717) is 0 Å². The molecular formula is C13H23N7S. The van der Waals surface area contributed by atoms with E-state index in [2.05, 4.69) is 51.2 Å². The van der Waals surface area contributed by atoms with Crippen LogP contribution in [0.5, 0.6) is 0 Å². The minimum Gasteiger partial charge on any atom is -0.337 e. The lowest BCUT2D eigenvalue weighted by Crippen LogP contribution is -2.38. The molecule has 0 amide bonds. The van der Waals surface area contributed by atoms with Crippen LogP contribution < -0.4 is 5.32 Å². The van der Waals surface area contributed by atoms with Crippen molar-refractivity contribution in [2.75, 3.05) is 12.3 Å². The molecule has 0 aliphatic heterocycles. The van der Waals surface area contributed by atoms with Gasteiger partial charge in [0.05, 0.1) is 12.9 Å². The Morgan fingerprint density at radius 3 is 2.86 bits per heavy atom. The van der Waals surface area contributed by atoms with Crippen LogP contribution in [0.3, 0.4) is 0 Å². The van der Waals surface area contributed by atoms with E-state index in [-0.39, 0.29) is 5.54 Å². The quantitative estimate of drug-likeness (QED) is 0.587. The van der Waals surface area contributed by atoms with Crippen molar-refractivity contribution in [3.8, 4) is 0 Å². The third-order valence-electron chi connectivity index (χ3n) is 2.83. The van der Waals surface area contributed by atoms with Crippen LogP contribution in [0.15, 0.2) is 23.9 Å². The number of nitrogens with zero attached hydrogens (tertiary/aromatic N) is 6. The Kier molecular flexibility index (Phi) is 5.75. The highest BCUT2D eigenvalue weighted by Crippen LogP contribution is 2.14. The summed E-state index contributed by atoms with van der Waals surface area (Å²) in [5.41, 5.74) is 0.117. The summed E-state index contributed by atoms with van der Waals surface area (Å²) in [5, 5.41) is 16.2. The predicted molar refractivity (Wildman–Crippen MR) is 83.1 cm³/mol. The lowest BCUT2D eigenvalue weighted by Gasteiger charge is -2.20. The Hall–Kier alpha value is -1.41. The average molecular weight is 309 g/mol. The van der Waals surface area contributed by atoms with Crippen molar-refractivity contribution in [1.29, 1.82) is 0 Å². The molecule has 0 radical (unpaired) electrons. The van der Waals surface area contributed by atoms with E-state index in [1.807, 2.05) is 17.2 Å². The molecule has 0 unspecified atom stereocenters. The molecule has 2 heterocycles. The van der Waals surface area contributed by atoms with E-state index in [4.69, 9.17) is 0 Å². The van der Waals surface area contributed by atoms with Crippen molar-refractivity contribution in [2.45, 2.75) is 51.0 Å². The molecule has 2 rings (SSSR count). The number of tetrazole rings is 1. The molecule has 2 aromatic rings. The van der Waals surface area contributed by atoms with E-state index in [1.54, 1.807) is 18.0 Å². The van der Waals surface area contributed by atoms with E-state index < -0.39 is 0 Å². The Morgan fingerprint density at radius 2 is 2.14 bits per heavy atom. The standard InChI is InChI=1S/C13H23N7S/c1-13(2,3)15-6-9-20-12(16-17-18-20)21-10-4-7-19-8-5-14-11-19/h5,8,11,15H,4,6-7,9-10H2,1-3H3. The molecule has 0 atom stereocenters. The monoisotopic (exact) mass is 309 g/mol. The second-order valence-corrected chi connectivity index (χ2v) is 6.93. The van der Waals surface area contributed by atoms with Crippen molar-refractivity contribution in [3.05, 3.63) is 18.7 Å². The highest BCUT2D eigenvalue weighted by atomic mass is 32.2. The molecule has 0 spiro atoms. The average Bonchev–Trinajstić information content (AvgIpc) is 3.04. The number of thioether (sulfide) groups is 1. The van der Waals surface area contributed by atoms with E-state index in [1.165, 1.54) is 0 Å². The number of aryl methyl sites for hydroxylation is 1. The second-order valence-electron chi connectivity index (χ2n) is 5.86. The van der Waals surface area contributed by atoms with Gasteiger partial charge in [-0.3, -0.25) is 0 Å². The summed E-state index contributed by atoms with van der Waals surface area (Å²) in [6, 6.07) is 0. The van der Waals surface area contributed by atoms with Crippen LogP contribution in [0.2, 0.25) is 0 Å². The molecule has 0 saturated heterocycles. The summed E-state index contributed by atoms with van der Waals surface area (Å²) < 4.78 is 3.94. The molecule has 21 heavy (non-hydrogen) atoms. The van der Waals surface area contributed by atoms with Gasteiger partial charge in [0.15, 0.2) is 0 Å². The maximum Gasteiger partial charge on any atom is 0.209 e. The molecule has 0 fully saturated rings. The van der Waals surface area contributed by atoms with Gasteiger partial charge in [0.1, 0.15) is 0 Å². The molecule has 0 aliphatic carbocycles. The van der Waals surface area contributed by atoms with Gasteiger partial charge in [-0.15, -0.1) is 5.10 Å². The van der Waals surface area contributed by atoms with Crippen molar-refractivity contribution < 1.29 is 0 Å². The third-order valence-corrected chi connectivity index (χ3v) is 3.87. The fourth-order valence-electron chi connectivity index (χ4n) is 1.81. The molecular weight excluding hydrogens is 286 g/mol. The summed E-state index contributed by atoms with van der Waals surface area (Å²) in [7, 11) is 0. The minimum atomic E-state index is 0.117.